The Labute approximate surface area is 157 Å². The van der Waals surface area contributed by atoms with Crippen molar-refractivity contribution in [3.8, 4) is 11.3 Å². The molecule has 27 heavy (non-hydrogen) atoms. The topological polar surface area (TPSA) is 54.9 Å². The van der Waals surface area contributed by atoms with Crippen molar-refractivity contribution in [1.82, 2.24) is 9.97 Å². The number of fused-ring (bicyclic) bond motifs is 1. The number of amides is 1. The number of nitrogens with zero attached hydrogens (tertiary/aromatic N) is 2. The zero-order chi connectivity index (χ0) is 18.8. The zero-order valence-corrected chi connectivity index (χ0v) is 15.2. The van der Waals surface area contributed by atoms with Gasteiger partial charge in [-0.25, -0.2) is 4.98 Å². The summed E-state index contributed by atoms with van der Waals surface area (Å²) in [6.07, 6.45) is 3.32. The van der Waals surface area contributed by atoms with Gasteiger partial charge in [0.25, 0.3) is 5.91 Å². The predicted octanol–water partition coefficient (Wildman–Crippen LogP) is 5.17. The van der Waals surface area contributed by atoms with Crippen LogP contribution in [0.3, 0.4) is 0 Å². The minimum Gasteiger partial charge on any atom is -0.321 e. The molecule has 0 spiro atoms. The van der Waals surface area contributed by atoms with Crippen molar-refractivity contribution in [2.24, 2.45) is 0 Å². The van der Waals surface area contributed by atoms with E-state index in [4.69, 9.17) is 4.98 Å². The molecular formula is C23H19N3O. The highest BCUT2D eigenvalue weighted by molar-refractivity contribution is 6.14. The van der Waals surface area contributed by atoms with Gasteiger partial charge in [-0.3, -0.25) is 9.78 Å². The first-order chi connectivity index (χ1) is 13.1. The summed E-state index contributed by atoms with van der Waals surface area (Å²) < 4.78 is 0. The third-order valence-electron chi connectivity index (χ3n) is 4.61. The monoisotopic (exact) mass is 353 g/mol. The molecule has 0 saturated carbocycles. The number of para-hydroxylation sites is 1. The maximum absolute atomic E-state index is 13.1. The Hall–Kier alpha value is -3.53. The van der Waals surface area contributed by atoms with Gasteiger partial charge in [-0.05, 0) is 37.6 Å². The van der Waals surface area contributed by atoms with Crippen LogP contribution in [0.15, 0.2) is 73.1 Å². The largest absolute Gasteiger partial charge is 0.321 e. The minimum absolute atomic E-state index is 0.160. The van der Waals surface area contributed by atoms with E-state index in [-0.39, 0.29) is 5.91 Å². The van der Waals surface area contributed by atoms with E-state index in [0.29, 0.717) is 11.3 Å². The molecular weight excluding hydrogens is 334 g/mol. The van der Waals surface area contributed by atoms with E-state index < -0.39 is 0 Å². The summed E-state index contributed by atoms with van der Waals surface area (Å²) in [4.78, 5) is 22.0. The summed E-state index contributed by atoms with van der Waals surface area (Å²) in [6.45, 7) is 4.00. The molecule has 0 aliphatic heterocycles. The predicted molar refractivity (Wildman–Crippen MR) is 109 cm³/mol. The maximum atomic E-state index is 13.1. The number of pyridine rings is 2. The molecule has 4 rings (SSSR count). The Kier molecular flexibility index (Phi) is 4.38. The van der Waals surface area contributed by atoms with E-state index in [2.05, 4.69) is 29.4 Å². The average molecular weight is 353 g/mol. The molecule has 132 valence electrons. The van der Waals surface area contributed by atoms with E-state index in [1.165, 1.54) is 5.56 Å². The van der Waals surface area contributed by atoms with Gasteiger partial charge < -0.3 is 5.32 Å². The van der Waals surface area contributed by atoms with Crippen molar-refractivity contribution < 1.29 is 4.79 Å². The van der Waals surface area contributed by atoms with Gasteiger partial charge in [0.1, 0.15) is 0 Å². The van der Waals surface area contributed by atoms with Crippen LogP contribution < -0.4 is 5.32 Å². The summed E-state index contributed by atoms with van der Waals surface area (Å²) in [7, 11) is 0. The van der Waals surface area contributed by atoms with Crippen LogP contribution in [-0.2, 0) is 0 Å². The number of nitrogens with one attached hydrogen (secondary N) is 1. The fraction of sp³-hybridized carbons (Fsp3) is 0.0870. The number of benzene rings is 2. The highest BCUT2D eigenvalue weighted by atomic mass is 16.1. The Morgan fingerprint density at radius 1 is 0.926 bits per heavy atom. The van der Waals surface area contributed by atoms with Crippen LogP contribution in [-0.4, -0.2) is 15.9 Å². The lowest BCUT2D eigenvalue weighted by Crippen LogP contribution is -2.15. The summed E-state index contributed by atoms with van der Waals surface area (Å²) in [5.74, 6) is -0.160. The number of anilines is 1. The average Bonchev–Trinajstić information content (AvgIpc) is 2.69. The number of hydrogen-bond donors (Lipinski definition) is 1. The first-order valence-electron chi connectivity index (χ1n) is 8.81. The van der Waals surface area contributed by atoms with E-state index in [9.17, 15) is 4.79 Å². The molecule has 0 fully saturated rings. The second-order valence-corrected chi connectivity index (χ2v) is 6.54. The Morgan fingerprint density at radius 3 is 2.44 bits per heavy atom. The van der Waals surface area contributed by atoms with Crippen molar-refractivity contribution in [2.75, 3.05) is 5.32 Å². The van der Waals surface area contributed by atoms with Gasteiger partial charge in [-0.1, -0.05) is 48.0 Å². The summed E-state index contributed by atoms with van der Waals surface area (Å²) in [5.41, 5.74) is 5.98. The Balaban J connectivity index is 1.89. The second-order valence-electron chi connectivity index (χ2n) is 6.54. The quantitative estimate of drug-likeness (QED) is 0.553. The lowest BCUT2D eigenvalue weighted by Gasteiger charge is -2.15. The van der Waals surface area contributed by atoms with Crippen molar-refractivity contribution in [3.05, 3.63) is 89.7 Å². The molecule has 0 saturated heterocycles. The van der Waals surface area contributed by atoms with Gasteiger partial charge in [-0.15, -0.1) is 0 Å². The van der Waals surface area contributed by atoms with Crippen molar-refractivity contribution in [1.29, 1.82) is 0 Å². The number of carbonyl (C=O) groups excluding carboxylic acids is 1. The molecule has 4 aromatic rings. The summed E-state index contributed by atoms with van der Waals surface area (Å²) in [5, 5.41) is 3.79. The number of aryl methyl sites for hydroxylation is 1. The molecule has 2 aromatic carbocycles. The van der Waals surface area contributed by atoms with Crippen molar-refractivity contribution in [3.63, 3.8) is 0 Å². The normalized spacial score (nSPS) is 10.7. The van der Waals surface area contributed by atoms with Crippen LogP contribution >= 0.6 is 0 Å². The molecule has 0 radical (unpaired) electrons. The number of aromatic nitrogens is 2. The van der Waals surface area contributed by atoms with Gasteiger partial charge in [-0.2, -0.15) is 0 Å². The number of hydrogen-bond acceptors (Lipinski definition) is 3. The zero-order valence-electron chi connectivity index (χ0n) is 15.2. The molecule has 2 heterocycles. The molecule has 4 heteroatoms. The third-order valence-corrected chi connectivity index (χ3v) is 4.61. The van der Waals surface area contributed by atoms with Crippen LogP contribution in [0.2, 0.25) is 0 Å². The van der Waals surface area contributed by atoms with Crippen LogP contribution in [0.1, 0.15) is 21.5 Å². The molecule has 2 aromatic heterocycles. The van der Waals surface area contributed by atoms with Gasteiger partial charge >= 0.3 is 0 Å². The van der Waals surface area contributed by atoms with Gasteiger partial charge in [0.15, 0.2) is 0 Å². The smallest absolute Gasteiger partial charge is 0.256 e. The maximum Gasteiger partial charge on any atom is 0.256 e. The third kappa shape index (κ3) is 3.29. The lowest BCUT2D eigenvalue weighted by atomic mass is 9.96. The molecule has 0 aliphatic rings. The highest BCUT2D eigenvalue weighted by Crippen LogP contribution is 2.30. The molecule has 0 aliphatic carbocycles. The van der Waals surface area contributed by atoms with Gasteiger partial charge in [0.2, 0.25) is 0 Å². The van der Waals surface area contributed by atoms with Crippen LogP contribution in [0.25, 0.3) is 22.2 Å². The van der Waals surface area contributed by atoms with Gasteiger partial charge in [0, 0.05) is 17.1 Å². The molecule has 0 bridgehead atoms. The molecule has 1 N–H and O–H groups in total. The number of rotatable bonds is 3. The fourth-order valence-corrected chi connectivity index (χ4v) is 3.22. The van der Waals surface area contributed by atoms with Crippen LogP contribution in [0.4, 0.5) is 5.69 Å². The van der Waals surface area contributed by atoms with E-state index in [1.54, 1.807) is 18.5 Å². The Bertz CT molecular complexity index is 1120. The van der Waals surface area contributed by atoms with E-state index >= 15 is 0 Å². The standard InChI is InChI=1S/C23H19N3O/c1-15-9-11-17(12-10-15)22-16(2)21(19-7-3-4-8-20(19)26-22)23(27)25-18-6-5-13-24-14-18/h3-14H,1-2H3,(H,25,27). The first-order valence-corrected chi connectivity index (χ1v) is 8.81. The van der Waals surface area contributed by atoms with Crippen molar-refractivity contribution >= 4 is 22.5 Å². The summed E-state index contributed by atoms with van der Waals surface area (Å²) >= 11 is 0. The molecule has 0 atom stereocenters. The summed E-state index contributed by atoms with van der Waals surface area (Å²) in [6, 6.07) is 19.6. The second kappa shape index (κ2) is 7.00. The van der Waals surface area contributed by atoms with Gasteiger partial charge in [0.05, 0.1) is 28.7 Å². The van der Waals surface area contributed by atoms with Crippen LogP contribution in [0, 0.1) is 13.8 Å². The minimum atomic E-state index is -0.160. The SMILES string of the molecule is Cc1ccc(-c2nc3ccccc3c(C(=O)Nc3cccnc3)c2C)cc1. The molecule has 1 amide bonds. The van der Waals surface area contributed by atoms with E-state index in [1.807, 2.05) is 49.4 Å². The number of carbonyl (C=O) groups is 1. The van der Waals surface area contributed by atoms with Crippen LogP contribution in [0.5, 0.6) is 0 Å². The van der Waals surface area contributed by atoms with E-state index in [0.717, 1.165) is 27.7 Å². The Morgan fingerprint density at radius 2 is 1.70 bits per heavy atom. The fourth-order valence-electron chi connectivity index (χ4n) is 3.22. The first kappa shape index (κ1) is 16.9. The highest BCUT2D eigenvalue weighted by Gasteiger charge is 2.19. The lowest BCUT2D eigenvalue weighted by molar-refractivity contribution is 0.102. The van der Waals surface area contributed by atoms with Crippen molar-refractivity contribution in [2.45, 2.75) is 13.8 Å². The molecule has 0 unspecified atom stereocenters. The molecule has 4 nitrogen and oxygen atoms in total.